The van der Waals surface area contributed by atoms with Gasteiger partial charge in [-0.3, -0.25) is 24.5 Å². The SMILES string of the molecule is CC(=O)c1c(C)[nH]c(C(=O)C(C)OC(=O)[C@@H](NC(=O)c2ccc(Cl)c([N+](=O)[O-])c2)C(C)C)c1C. The topological polar surface area (TPSA) is 148 Å². The number of aromatic nitrogens is 1. The van der Waals surface area contributed by atoms with Crippen LogP contribution in [0.25, 0.3) is 0 Å². The van der Waals surface area contributed by atoms with Crippen LogP contribution in [0.2, 0.25) is 5.02 Å². The van der Waals surface area contributed by atoms with E-state index in [1.165, 1.54) is 26.0 Å². The number of nitro benzene ring substituents is 1. The van der Waals surface area contributed by atoms with Crippen LogP contribution in [0.1, 0.15) is 70.2 Å². The Hall–Kier alpha value is -3.53. The van der Waals surface area contributed by atoms with Crippen molar-refractivity contribution in [3.05, 3.63) is 61.4 Å². The van der Waals surface area contributed by atoms with Crippen molar-refractivity contribution in [3.63, 3.8) is 0 Å². The fourth-order valence-corrected chi connectivity index (χ4v) is 3.73. The largest absolute Gasteiger partial charge is 0.453 e. The highest BCUT2D eigenvalue weighted by atomic mass is 35.5. The average Bonchev–Trinajstić information content (AvgIpc) is 3.04. The Bertz CT molecular complexity index is 1170. The number of hydrogen-bond acceptors (Lipinski definition) is 7. The minimum atomic E-state index is -1.20. The number of ether oxygens (including phenoxy) is 1. The van der Waals surface area contributed by atoms with E-state index in [1.54, 1.807) is 27.7 Å². The van der Waals surface area contributed by atoms with Crippen LogP contribution in [0.3, 0.4) is 0 Å². The third kappa shape index (κ3) is 5.69. The Balaban J connectivity index is 2.19. The van der Waals surface area contributed by atoms with Gasteiger partial charge in [0, 0.05) is 22.9 Å². The number of H-pyrrole nitrogens is 1. The second kappa shape index (κ2) is 10.6. The maximum Gasteiger partial charge on any atom is 0.329 e. The van der Waals surface area contributed by atoms with E-state index in [-0.39, 0.29) is 22.1 Å². The van der Waals surface area contributed by atoms with Crippen LogP contribution in [-0.4, -0.2) is 45.5 Å². The molecule has 1 aromatic heterocycles. The summed E-state index contributed by atoms with van der Waals surface area (Å²) in [6, 6.07) is 2.39. The van der Waals surface area contributed by atoms with Gasteiger partial charge in [0.05, 0.1) is 10.6 Å². The molecule has 34 heavy (non-hydrogen) atoms. The van der Waals surface area contributed by atoms with E-state index in [0.717, 1.165) is 6.07 Å². The molecule has 0 bridgehead atoms. The number of halogens is 1. The molecule has 0 aliphatic heterocycles. The van der Waals surface area contributed by atoms with Gasteiger partial charge in [-0.2, -0.15) is 0 Å². The lowest BCUT2D eigenvalue weighted by Crippen LogP contribution is -2.46. The van der Waals surface area contributed by atoms with E-state index in [4.69, 9.17) is 16.3 Å². The summed E-state index contributed by atoms with van der Waals surface area (Å²) in [4.78, 5) is 63.4. The summed E-state index contributed by atoms with van der Waals surface area (Å²) in [5.74, 6) is -2.72. The van der Waals surface area contributed by atoms with Gasteiger partial charge in [0.2, 0.25) is 5.78 Å². The van der Waals surface area contributed by atoms with Gasteiger partial charge in [-0.05, 0) is 51.3 Å². The number of hydrogen-bond donors (Lipinski definition) is 2. The zero-order valence-electron chi connectivity index (χ0n) is 19.6. The van der Waals surface area contributed by atoms with Gasteiger partial charge in [-0.1, -0.05) is 25.4 Å². The van der Waals surface area contributed by atoms with Crippen molar-refractivity contribution in [2.45, 2.75) is 53.7 Å². The zero-order valence-corrected chi connectivity index (χ0v) is 20.4. The number of nitrogens with one attached hydrogen (secondary N) is 2. The molecule has 0 fully saturated rings. The van der Waals surface area contributed by atoms with Crippen LogP contribution in [0.15, 0.2) is 18.2 Å². The number of aromatic amines is 1. The number of esters is 1. The predicted molar refractivity (Wildman–Crippen MR) is 124 cm³/mol. The molecule has 2 aromatic rings. The summed E-state index contributed by atoms with van der Waals surface area (Å²) in [5, 5.41) is 13.5. The summed E-state index contributed by atoms with van der Waals surface area (Å²) in [6.07, 6.45) is -1.20. The Morgan fingerprint density at radius 1 is 1.15 bits per heavy atom. The molecule has 0 aliphatic carbocycles. The number of nitrogens with zero attached hydrogens (tertiary/aromatic N) is 1. The van der Waals surface area contributed by atoms with Crippen molar-refractivity contribution in [2.75, 3.05) is 0 Å². The summed E-state index contributed by atoms with van der Waals surface area (Å²) < 4.78 is 5.33. The maximum atomic E-state index is 12.9. The molecule has 0 spiro atoms. The van der Waals surface area contributed by atoms with Crippen molar-refractivity contribution in [3.8, 4) is 0 Å². The quantitative estimate of drug-likeness (QED) is 0.233. The molecule has 0 radical (unpaired) electrons. The molecular formula is C23H26ClN3O7. The predicted octanol–water partition coefficient (Wildman–Crippen LogP) is 3.96. The fourth-order valence-electron chi connectivity index (χ4n) is 3.54. The molecule has 0 saturated heterocycles. The van der Waals surface area contributed by atoms with Crippen LogP contribution < -0.4 is 5.32 Å². The van der Waals surface area contributed by atoms with E-state index in [9.17, 15) is 29.3 Å². The lowest BCUT2D eigenvalue weighted by molar-refractivity contribution is -0.384. The summed E-state index contributed by atoms with van der Waals surface area (Å²) in [6.45, 7) is 9.42. The minimum Gasteiger partial charge on any atom is -0.453 e. The summed E-state index contributed by atoms with van der Waals surface area (Å²) in [5.41, 5.74) is 1.08. The number of ketones is 2. The second-order valence-corrected chi connectivity index (χ2v) is 8.65. The zero-order chi connectivity index (χ0) is 25.9. The van der Waals surface area contributed by atoms with Gasteiger partial charge in [0.15, 0.2) is 11.9 Å². The fraction of sp³-hybridized carbons (Fsp3) is 0.391. The normalized spacial score (nSPS) is 12.7. The van der Waals surface area contributed by atoms with Crippen molar-refractivity contribution < 1.29 is 28.8 Å². The second-order valence-electron chi connectivity index (χ2n) is 8.24. The summed E-state index contributed by atoms with van der Waals surface area (Å²) >= 11 is 5.78. The molecular weight excluding hydrogens is 466 g/mol. The summed E-state index contributed by atoms with van der Waals surface area (Å²) in [7, 11) is 0. The third-order valence-corrected chi connectivity index (χ3v) is 5.63. The molecule has 2 N–H and O–H groups in total. The highest BCUT2D eigenvalue weighted by Crippen LogP contribution is 2.25. The van der Waals surface area contributed by atoms with Crippen LogP contribution >= 0.6 is 11.6 Å². The van der Waals surface area contributed by atoms with Gasteiger partial charge >= 0.3 is 5.97 Å². The lowest BCUT2D eigenvalue weighted by Gasteiger charge is -2.23. The van der Waals surface area contributed by atoms with E-state index in [2.05, 4.69) is 10.3 Å². The molecule has 1 amide bonds. The number of Topliss-reactive ketones (excluding diaryl/α,β-unsaturated/α-hetero) is 2. The maximum absolute atomic E-state index is 12.9. The van der Waals surface area contributed by atoms with Crippen molar-refractivity contribution in [1.29, 1.82) is 0 Å². The van der Waals surface area contributed by atoms with E-state index in [0.29, 0.717) is 16.8 Å². The molecule has 1 aromatic carbocycles. The number of benzene rings is 1. The van der Waals surface area contributed by atoms with Crippen LogP contribution in [-0.2, 0) is 9.53 Å². The monoisotopic (exact) mass is 491 g/mol. The Kier molecular flexibility index (Phi) is 8.33. The lowest BCUT2D eigenvalue weighted by atomic mass is 10.0. The van der Waals surface area contributed by atoms with E-state index in [1.807, 2.05) is 0 Å². The van der Waals surface area contributed by atoms with Gasteiger partial charge in [-0.25, -0.2) is 4.79 Å². The number of amides is 1. The van der Waals surface area contributed by atoms with Crippen LogP contribution in [0.4, 0.5) is 5.69 Å². The molecule has 2 atom stereocenters. The van der Waals surface area contributed by atoms with Gasteiger partial charge in [0.1, 0.15) is 11.1 Å². The van der Waals surface area contributed by atoms with Crippen molar-refractivity contribution in [2.24, 2.45) is 5.92 Å². The van der Waals surface area contributed by atoms with Gasteiger partial charge in [0.25, 0.3) is 11.6 Å². The van der Waals surface area contributed by atoms with Crippen molar-refractivity contribution >= 4 is 40.7 Å². The van der Waals surface area contributed by atoms with Crippen LogP contribution in [0.5, 0.6) is 0 Å². The first-order valence-corrected chi connectivity index (χ1v) is 10.8. The smallest absolute Gasteiger partial charge is 0.329 e. The van der Waals surface area contributed by atoms with E-state index < -0.39 is 46.3 Å². The number of aryl methyl sites for hydroxylation is 1. The molecule has 182 valence electrons. The number of rotatable bonds is 9. The molecule has 10 nitrogen and oxygen atoms in total. The highest BCUT2D eigenvalue weighted by Gasteiger charge is 2.31. The minimum absolute atomic E-state index is 0.0621. The van der Waals surface area contributed by atoms with Gasteiger partial charge in [-0.15, -0.1) is 0 Å². The first-order chi connectivity index (χ1) is 15.8. The van der Waals surface area contributed by atoms with Gasteiger partial charge < -0.3 is 15.0 Å². The van der Waals surface area contributed by atoms with E-state index >= 15 is 0 Å². The first kappa shape index (κ1) is 26.7. The molecule has 11 heteroatoms. The average molecular weight is 492 g/mol. The number of carbonyl (C=O) groups is 4. The standard InChI is InChI=1S/C23H26ClN3O7/c1-10(2)19(26-22(30)15-7-8-16(24)17(9-15)27(32)33)23(31)34-14(6)21(29)20-11(3)18(13(5)28)12(4)25-20/h7-10,14,19,25H,1-6H3,(H,26,30)/t14?,19-/m0/s1. The molecule has 0 aliphatic rings. The highest BCUT2D eigenvalue weighted by molar-refractivity contribution is 6.32. The Labute approximate surface area is 201 Å². The Morgan fingerprint density at radius 3 is 2.26 bits per heavy atom. The molecule has 0 saturated carbocycles. The van der Waals surface area contributed by atoms with Crippen LogP contribution in [0, 0.1) is 29.9 Å². The molecule has 1 heterocycles. The Morgan fingerprint density at radius 2 is 1.76 bits per heavy atom. The molecule has 2 rings (SSSR count). The third-order valence-electron chi connectivity index (χ3n) is 5.31. The molecule has 1 unspecified atom stereocenters. The van der Waals surface area contributed by atoms with Crippen molar-refractivity contribution in [1.82, 2.24) is 10.3 Å². The first-order valence-electron chi connectivity index (χ1n) is 10.5. The number of carbonyl (C=O) groups excluding carboxylic acids is 4. The number of nitro groups is 1.